The van der Waals surface area contributed by atoms with Gasteiger partial charge in [0, 0.05) is 13.1 Å². The second-order valence-electron chi connectivity index (χ2n) is 4.80. The number of carbonyl (C=O) groups is 1. The molecule has 1 aromatic carbocycles. The number of anilines is 1. The maximum absolute atomic E-state index is 12.4. The van der Waals surface area contributed by atoms with Gasteiger partial charge in [-0.3, -0.25) is 4.79 Å². The molecule has 0 heterocycles. The summed E-state index contributed by atoms with van der Waals surface area (Å²) in [6.07, 6.45) is 0.265. The van der Waals surface area contributed by atoms with Crippen LogP contribution < -0.4 is 5.73 Å². The number of hydrogen-bond acceptors (Lipinski definition) is 4. The maximum Gasteiger partial charge on any atom is 0.257 e. The Hall–Kier alpha value is -2.22. The van der Waals surface area contributed by atoms with Gasteiger partial charge in [0.25, 0.3) is 5.91 Å². The Morgan fingerprint density at radius 3 is 2.79 bits per heavy atom. The molecule has 102 valence electrons. The Bertz CT molecular complexity index is 492. The van der Waals surface area contributed by atoms with E-state index in [4.69, 9.17) is 11.0 Å². The maximum atomic E-state index is 12.4. The number of nitriles is 1. The van der Waals surface area contributed by atoms with Crippen molar-refractivity contribution in [2.45, 2.75) is 20.3 Å². The lowest BCUT2D eigenvalue weighted by molar-refractivity contribution is 0.0737. The topological polar surface area (TPSA) is 90.4 Å². The highest BCUT2D eigenvalue weighted by Gasteiger charge is 2.20. The van der Waals surface area contributed by atoms with Crippen molar-refractivity contribution in [3.63, 3.8) is 0 Å². The SMILES string of the molecule is CC(C)CN(CCC#N)C(=O)c1cccc(N)c1O. The zero-order valence-corrected chi connectivity index (χ0v) is 11.3. The minimum absolute atomic E-state index is 0.177. The molecule has 19 heavy (non-hydrogen) atoms. The summed E-state index contributed by atoms with van der Waals surface area (Å²) in [7, 11) is 0. The van der Waals surface area contributed by atoms with Crippen LogP contribution in [0, 0.1) is 17.2 Å². The van der Waals surface area contributed by atoms with Crippen LogP contribution in [0.25, 0.3) is 0 Å². The smallest absolute Gasteiger partial charge is 0.257 e. The molecule has 0 aliphatic heterocycles. The fourth-order valence-electron chi connectivity index (χ4n) is 1.81. The standard InChI is InChI=1S/C14H19N3O2/c1-10(2)9-17(8-4-7-15)14(19)11-5-3-6-12(16)13(11)18/h3,5-6,10,18H,4,8-9,16H2,1-2H3. The van der Waals surface area contributed by atoms with Gasteiger partial charge in [-0.2, -0.15) is 5.26 Å². The van der Waals surface area contributed by atoms with E-state index in [0.29, 0.717) is 13.1 Å². The molecule has 5 heteroatoms. The van der Waals surface area contributed by atoms with Crippen molar-refractivity contribution < 1.29 is 9.90 Å². The Balaban J connectivity index is 2.98. The van der Waals surface area contributed by atoms with Gasteiger partial charge in [0.1, 0.15) is 0 Å². The van der Waals surface area contributed by atoms with Crippen LogP contribution in [0.2, 0.25) is 0 Å². The monoisotopic (exact) mass is 261 g/mol. The lowest BCUT2D eigenvalue weighted by atomic mass is 10.1. The minimum Gasteiger partial charge on any atom is -0.505 e. The van der Waals surface area contributed by atoms with Crippen molar-refractivity contribution >= 4 is 11.6 Å². The average molecular weight is 261 g/mol. The highest BCUT2D eigenvalue weighted by molar-refractivity contribution is 5.98. The van der Waals surface area contributed by atoms with E-state index in [9.17, 15) is 9.90 Å². The number of phenols is 1. The van der Waals surface area contributed by atoms with Crippen LogP contribution in [0.4, 0.5) is 5.69 Å². The normalized spacial score (nSPS) is 10.2. The first kappa shape index (κ1) is 14.8. The molecular formula is C14H19N3O2. The molecule has 0 spiro atoms. The van der Waals surface area contributed by atoms with Gasteiger partial charge in [-0.05, 0) is 18.1 Å². The van der Waals surface area contributed by atoms with Gasteiger partial charge in [0.05, 0.1) is 23.7 Å². The zero-order valence-electron chi connectivity index (χ0n) is 11.3. The van der Waals surface area contributed by atoms with Crippen LogP contribution in [0.15, 0.2) is 18.2 Å². The first-order chi connectivity index (χ1) is 8.97. The van der Waals surface area contributed by atoms with E-state index < -0.39 is 0 Å². The molecule has 3 N–H and O–H groups in total. The van der Waals surface area contributed by atoms with E-state index in [0.717, 1.165) is 0 Å². The van der Waals surface area contributed by atoms with Crippen LogP contribution in [0.3, 0.4) is 0 Å². The number of benzene rings is 1. The second kappa shape index (κ2) is 6.64. The van der Waals surface area contributed by atoms with Crippen LogP contribution in [-0.4, -0.2) is 29.0 Å². The number of amides is 1. The van der Waals surface area contributed by atoms with Gasteiger partial charge in [-0.25, -0.2) is 0 Å². The number of hydrogen-bond donors (Lipinski definition) is 2. The molecule has 5 nitrogen and oxygen atoms in total. The third kappa shape index (κ3) is 3.88. The number of nitrogens with zero attached hydrogens (tertiary/aromatic N) is 2. The quantitative estimate of drug-likeness (QED) is 0.626. The number of nitrogen functional groups attached to an aromatic ring is 1. The predicted octanol–water partition coefficient (Wildman–Crippen LogP) is 1.99. The van der Waals surface area contributed by atoms with Crippen molar-refractivity contribution in [2.24, 2.45) is 5.92 Å². The molecule has 0 bridgehead atoms. The first-order valence-electron chi connectivity index (χ1n) is 6.21. The van der Waals surface area contributed by atoms with E-state index >= 15 is 0 Å². The summed E-state index contributed by atoms with van der Waals surface area (Å²) in [6, 6.07) is 6.72. The fraction of sp³-hybridized carbons (Fsp3) is 0.429. The van der Waals surface area contributed by atoms with E-state index in [-0.39, 0.29) is 35.2 Å². The predicted molar refractivity (Wildman–Crippen MR) is 73.5 cm³/mol. The third-order valence-corrected chi connectivity index (χ3v) is 2.66. The zero-order chi connectivity index (χ0) is 14.4. The van der Waals surface area contributed by atoms with Gasteiger partial charge in [-0.1, -0.05) is 19.9 Å². The summed E-state index contributed by atoms with van der Waals surface area (Å²) >= 11 is 0. The van der Waals surface area contributed by atoms with Crippen molar-refractivity contribution in [2.75, 3.05) is 18.8 Å². The number of aromatic hydroxyl groups is 1. The van der Waals surface area contributed by atoms with Crippen molar-refractivity contribution in [3.05, 3.63) is 23.8 Å². The Labute approximate surface area is 113 Å². The largest absolute Gasteiger partial charge is 0.505 e. The highest BCUT2D eigenvalue weighted by Crippen LogP contribution is 2.25. The third-order valence-electron chi connectivity index (χ3n) is 2.66. The Morgan fingerprint density at radius 1 is 1.53 bits per heavy atom. The molecule has 0 radical (unpaired) electrons. The minimum atomic E-state index is -0.297. The Kier molecular flexibility index (Phi) is 5.19. The summed E-state index contributed by atoms with van der Waals surface area (Å²) < 4.78 is 0. The van der Waals surface area contributed by atoms with E-state index in [2.05, 4.69) is 0 Å². The molecule has 1 amide bonds. The molecule has 0 saturated heterocycles. The van der Waals surface area contributed by atoms with Gasteiger partial charge in [0.15, 0.2) is 5.75 Å². The molecule has 1 rings (SSSR count). The lowest BCUT2D eigenvalue weighted by Gasteiger charge is -2.24. The average Bonchev–Trinajstić information content (AvgIpc) is 2.36. The molecule has 0 aromatic heterocycles. The number of nitrogens with two attached hydrogens (primary N) is 1. The van der Waals surface area contributed by atoms with E-state index in [1.165, 1.54) is 12.1 Å². The van der Waals surface area contributed by atoms with Crippen LogP contribution in [0.5, 0.6) is 5.75 Å². The lowest BCUT2D eigenvalue weighted by Crippen LogP contribution is -2.35. The molecule has 0 saturated carbocycles. The number of phenolic OH excluding ortho intramolecular Hbond substituents is 1. The number of para-hydroxylation sites is 1. The Morgan fingerprint density at radius 2 is 2.21 bits per heavy atom. The van der Waals surface area contributed by atoms with Gasteiger partial charge >= 0.3 is 0 Å². The van der Waals surface area contributed by atoms with Crippen molar-refractivity contribution in [1.82, 2.24) is 4.90 Å². The number of rotatable bonds is 5. The molecule has 0 unspecified atom stereocenters. The van der Waals surface area contributed by atoms with Gasteiger partial charge in [0.2, 0.25) is 0 Å². The van der Waals surface area contributed by atoms with Crippen molar-refractivity contribution in [1.29, 1.82) is 5.26 Å². The summed E-state index contributed by atoms with van der Waals surface area (Å²) in [5.74, 6) is -0.210. The first-order valence-corrected chi connectivity index (χ1v) is 6.21. The fourth-order valence-corrected chi connectivity index (χ4v) is 1.81. The summed E-state index contributed by atoms with van der Waals surface area (Å²) in [4.78, 5) is 13.9. The highest BCUT2D eigenvalue weighted by atomic mass is 16.3. The van der Waals surface area contributed by atoms with Gasteiger partial charge < -0.3 is 15.7 Å². The molecule has 0 fully saturated rings. The van der Waals surface area contributed by atoms with E-state index in [1.807, 2.05) is 19.9 Å². The molecular weight excluding hydrogens is 242 g/mol. The summed E-state index contributed by atoms with van der Waals surface area (Å²) in [6.45, 7) is 4.87. The van der Waals surface area contributed by atoms with Crippen LogP contribution in [0.1, 0.15) is 30.6 Å². The second-order valence-corrected chi connectivity index (χ2v) is 4.80. The molecule has 1 aromatic rings. The molecule has 0 atom stereocenters. The van der Waals surface area contributed by atoms with Gasteiger partial charge in [-0.15, -0.1) is 0 Å². The summed E-state index contributed by atoms with van der Waals surface area (Å²) in [5.41, 5.74) is 5.94. The number of carbonyl (C=O) groups excluding carboxylic acids is 1. The van der Waals surface area contributed by atoms with Crippen molar-refractivity contribution in [3.8, 4) is 11.8 Å². The molecule has 0 aliphatic rings. The van der Waals surface area contributed by atoms with Crippen LogP contribution in [-0.2, 0) is 0 Å². The molecule has 0 aliphatic carbocycles. The van der Waals surface area contributed by atoms with E-state index in [1.54, 1.807) is 11.0 Å². The summed E-state index contributed by atoms with van der Waals surface area (Å²) in [5, 5.41) is 18.5. The van der Waals surface area contributed by atoms with Crippen LogP contribution >= 0.6 is 0 Å².